The molecule has 0 aliphatic heterocycles. The Labute approximate surface area is 92.0 Å². The Morgan fingerprint density at radius 2 is 2.44 bits per heavy atom. The zero-order chi connectivity index (χ0) is 11.4. The maximum absolute atomic E-state index is 10.4. The number of hydroxylamine groups is 1. The van der Waals surface area contributed by atoms with E-state index >= 15 is 0 Å². The molecule has 0 unspecified atom stereocenters. The number of fused-ring (bicyclic) bond motifs is 1. The van der Waals surface area contributed by atoms with Crippen LogP contribution >= 0.6 is 0 Å². The summed E-state index contributed by atoms with van der Waals surface area (Å²) in [6, 6.07) is 5.80. The predicted molar refractivity (Wildman–Crippen MR) is 57.2 cm³/mol. The van der Waals surface area contributed by atoms with E-state index in [0.29, 0.717) is 6.54 Å². The number of rotatable bonds is 5. The number of carbonyl (C=O) groups excluding carboxylic acids is 1. The van der Waals surface area contributed by atoms with Crippen molar-refractivity contribution in [1.29, 1.82) is 0 Å². The highest BCUT2D eigenvalue weighted by atomic mass is 16.6. The van der Waals surface area contributed by atoms with Gasteiger partial charge in [0.15, 0.2) is 0 Å². The molecular formula is C10H12N4O2. The van der Waals surface area contributed by atoms with Crippen molar-refractivity contribution in [2.75, 3.05) is 6.61 Å². The molecule has 2 rings (SSSR count). The van der Waals surface area contributed by atoms with Crippen LogP contribution in [-0.4, -0.2) is 22.1 Å². The predicted octanol–water partition coefficient (Wildman–Crippen LogP) is -0.159. The number of nitrogens with zero attached hydrogens (tertiary/aromatic N) is 2. The van der Waals surface area contributed by atoms with E-state index in [1.165, 1.54) is 0 Å². The fourth-order valence-electron chi connectivity index (χ4n) is 1.37. The first-order valence-electron chi connectivity index (χ1n) is 4.81. The summed E-state index contributed by atoms with van der Waals surface area (Å²) in [5.41, 5.74) is 9.57. The summed E-state index contributed by atoms with van der Waals surface area (Å²) in [7, 11) is 0. The van der Waals surface area contributed by atoms with Crippen molar-refractivity contribution in [2.24, 2.45) is 5.73 Å². The summed E-state index contributed by atoms with van der Waals surface area (Å²) >= 11 is 0. The molecule has 6 heteroatoms. The zero-order valence-corrected chi connectivity index (χ0v) is 8.59. The number of pyridine rings is 1. The topological polar surface area (TPSA) is 81.7 Å². The van der Waals surface area contributed by atoms with Crippen molar-refractivity contribution in [3.8, 4) is 0 Å². The van der Waals surface area contributed by atoms with Crippen molar-refractivity contribution in [3.63, 3.8) is 0 Å². The minimum atomic E-state index is -0.507. The van der Waals surface area contributed by atoms with Gasteiger partial charge in [0.1, 0.15) is 6.61 Å². The van der Waals surface area contributed by atoms with E-state index in [9.17, 15) is 4.79 Å². The van der Waals surface area contributed by atoms with Crippen LogP contribution in [0.1, 0.15) is 5.56 Å². The van der Waals surface area contributed by atoms with Gasteiger partial charge in [-0.1, -0.05) is 6.07 Å². The number of carbonyl (C=O) groups is 1. The molecule has 0 aliphatic rings. The second-order valence-electron chi connectivity index (χ2n) is 3.28. The summed E-state index contributed by atoms with van der Waals surface area (Å²) in [5, 5.41) is 4.16. The molecule has 0 saturated heterocycles. The van der Waals surface area contributed by atoms with Crippen molar-refractivity contribution >= 4 is 11.4 Å². The summed E-state index contributed by atoms with van der Waals surface area (Å²) < 4.78 is 1.77. The second kappa shape index (κ2) is 4.73. The normalized spacial score (nSPS) is 10.8. The number of nitrogens with two attached hydrogens (primary N) is 1. The Hall–Kier alpha value is -1.92. The van der Waals surface area contributed by atoms with Crippen LogP contribution < -0.4 is 11.2 Å². The van der Waals surface area contributed by atoms with Crippen LogP contribution in [0.3, 0.4) is 0 Å². The molecular weight excluding hydrogens is 208 g/mol. The molecule has 6 nitrogen and oxygen atoms in total. The third-order valence-corrected chi connectivity index (χ3v) is 2.09. The van der Waals surface area contributed by atoms with Crippen LogP contribution in [0.4, 0.5) is 0 Å². The first-order valence-corrected chi connectivity index (χ1v) is 4.81. The van der Waals surface area contributed by atoms with Gasteiger partial charge in [0.2, 0.25) is 5.91 Å². The molecule has 3 N–H and O–H groups in total. The highest BCUT2D eigenvalue weighted by Crippen LogP contribution is 2.08. The third-order valence-electron chi connectivity index (χ3n) is 2.09. The van der Waals surface area contributed by atoms with E-state index in [1.807, 2.05) is 24.4 Å². The first-order chi connectivity index (χ1) is 7.77. The molecule has 84 valence electrons. The minimum absolute atomic E-state index is 0.140. The van der Waals surface area contributed by atoms with Gasteiger partial charge in [-0.2, -0.15) is 10.6 Å². The summed E-state index contributed by atoms with van der Waals surface area (Å²) in [6.45, 7) is 0.333. The monoisotopic (exact) mass is 220 g/mol. The van der Waals surface area contributed by atoms with E-state index < -0.39 is 5.91 Å². The SMILES string of the molecule is NC(=O)CONCc1cnn2ccccc12. The van der Waals surface area contributed by atoms with Crippen molar-refractivity contribution in [3.05, 3.63) is 36.2 Å². The number of aromatic nitrogens is 2. The van der Waals surface area contributed by atoms with Gasteiger partial charge in [-0.25, -0.2) is 4.52 Å². The van der Waals surface area contributed by atoms with Gasteiger partial charge >= 0.3 is 0 Å². The maximum Gasteiger partial charge on any atom is 0.245 e. The molecule has 0 aliphatic carbocycles. The van der Waals surface area contributed by atoms with Gasteiger partial charge in [-0.3, -0.25) is 9.63 Å². The van der Waals surface area contributed by atoms with Gasteiger partial charge in [0.25, 0.3) is 0 Å². The standard InChI is InChI=1S/C10H12N4O2/c11-10(15)7-16-13-6-8-5-12-14-4-2-1-3-9(8)14/h1-5,13H,6-7H2,(H2,11,15). The molecule has 2 heterocycles. The fraction of sp³-hybridized carbons (Fsp3) is 0.200. The lowest BCUT2D eigenvalue weighted by Gasteiger charge is -2.02. The number of amides is 1. The van der Waals surface area contributed by atoms with Crippen LogP contribution in [0.2, 0.25) is 0 Å². The van der Waals surface area contributed by atoms with Crippen LogP contribution in [0.15, 0.2) is 30.6 Å². The molecule has 0 bridgehead atoms. The summed E-state index contributed by atoms with van der Waals surface area (Å²) in [4.78, 5) is 15.3. The molecule has 0 fully saturated rings. The molecule has 16 heavy (non-hydrogen) atoms. The third kappa shape index (κ3) is 2.36. The minimum Gasteiger partial charge on any atom is -0.368 e. The van der Waals surface area contributed by atoms with E-state index in [1.54, 1.807) is 10.7 Å². The number of nitrogens with one attached hydrogen (secondary N) is 1. The Morgan fingerprint density at radius 1 is 1.56 bits per heavy atom. The molecule has 0 radical (unpaired) electrons. The Morgan fingerprint density at radius 3 is 3.25 bits per heavy atom. The largest absolute Gasteiger partial charge is 0.368 e. The molecule has 0 atom stereocenters. The highest BCUT2D eigenvalue weighted by molar-refractivity contribution is 5.74. The summed E-state index contributed by atoms with van der Waals surface area (Å²) in [6.07, 6.45) is 3.61. The van der Waals surface area contributed by atoms with Gasteiger partial charge in [-0.15, -0.1) is 0 Å². The first kappa shape index (κ1) is 10.6. The van der Waals surface area contributed by atoms with Crippen molar-refractivity contribution in [1.82, 2.24) is 15.1 Å². The van der Waals surface area contributed by atoms with Gasteiger partial charge < -0.3 is 5.73 Å². The molecule has 2 aromatic rings. The molecule has 0 spiro atoms. The van der Waals surface area contributed by atoms with E-state index in [0.717, 1.165) is 11.1 Å². The molecule has 0 aromatic carbocycles. The fourth-order valence-corrected chi connectivity index (χ4v) is 1.37. The Bertz CT molecular complexity index is 494. The van der Waals surface area contributed by atoms with E-state index in [2.05, 4.69) is 10.6 Å². The Kier molecular flexibility index (Phi) is 3.13. The van der Waals surface area contributed by atoms with Crippen LogP contribution in [0.5, 0.6) is 0 Å². The van der Waals surface area contributed by atoms with Crippen LogP contribution in [0.25, 0.3) is 5.52 Å². The van der Waals surface area contributed by atoms with Gasteiger partial charge in [0, 0.05) is 18.3 Å². The quantitative estimate of drug-likeness (QED) is 0.542. The van der Waals surface area contributed by atoms with E-state index in [4.69, 9.17) is 10.6 Å². The lowest BCUT2D eigenvalue weighted by molar-refractivity contribution is -0.125. The average molecular weight is 220 g/mol. The molecule has 2 aromatic heterocycles. The number of hydrogen-bond donors (Lipinski definition) is 2. The summed E-state index contributed by atoms with van der Waals surface area (Å²) in [5.74, 6) is -0.507. The molecule has 1 amide bonds. The van der Waals surface area contributed by atoms with E-state index in [-0.39, 0.29) is 6.61 Å². The van der Waals surface area contributed by atoms with Gasteiger partial charge in [0.05, 0.1) is 11.7 Å². The van der Waals surface area contributed by atoms with Crippen LogP contribution in [-0.2, 0) is 16.2 Å². The lowest BCUT2D eigenvalue weighted by atomic mass is 10.3. The van der Waals surface area contributed by atoms with Crippen LogP contribution in [0, 0.1) is 0 Å². The lowest BCUT2D eigenvalue weighted by Crippen LogP contribution is -2.24. The van der Waals surface area contributed by atoms with Crippen molar-refractivity contribution < 1.29 is 9.63 Å². The number of hydrogen-bond acceptors (Lipinski definition) is 4. The number of primary amides is 1. The highest BCUT2D eigenvalue weighted by Gasteiger charge is 2.02. The Balaban J connectivity index is 1.97. The maximum atomic E-state index is 10.4. The molecule has 0 saturated carbocycles. The second-order valence-corrected chi connectivity index (χ2v) is 3.28. The van der Waals surface area contributed by atoms with Crippen molar-refractivity contribution in [2.45, 2.75) is 6.54 Å². The van der Waals surface area contributed by atoms with Gasteiger partial charge in [-0.05, 0) is 12.1 Å². The average Bonchev–Trinajstić information content (AvgIpc) is 2.68. The smallest absolute Gasteiger partial charge is 0.245 e. The zero-order valence-electron chi connectivity index (χ0n) is 8.59.